The second kappa shape index (κ2) is 21.3. The molecule has 0 aliphatic carbocycles. The van der Waals surface area contributed by atoms with Crippen molar-refractivity contribution in [1.29, 1.82) is 0 Å². The Balaban J connectivity index is 0.000000250. The van der Waals surface area contributed by atoms with E-state index < -0.39 is 7.92 Å². The van der Waals surface area contributed by atoms with Gasteiger partial charge >= 0.3 is 0 Å². The second-order valence-electron chi connectivity index (χ2n) is 18.1. The van der Waals surface area contributed by atoms with Crippen LogP contribution in [0.2, 0.25) is 0 Å². The summed E-state index contributed by atoms with van der Waals surface area (Å²) in [6.45, 7) is 22.9. The third kappa shape index (κ3) is 10.4. The number of rotatable bonds is 12. The summed E-state index contributed by atoms with van der Waals surface area (Å²) in [5, 5.41) is 4.27. The van der Waals surface area contributed by atoms with Crippen LogP contribution in [0.25, 0.3) is 39.1 Å². The third-order valence-corrected chi connectivity index (χ3v) is 15.7. The van der Waals surface area contributed by atoms with Crippen molar-refractivity contribution in [3.8, 4) is 33.4 Å². The Labute approximate surface area is 392 Å². The molecule has 0 heterocycles. The molecule has 0 fully saturated rings. The minimum atomic E-state index is -1.38. The number of nitrogens with zero attached hydrogens (tertiary/aromatic N) is 2. The Bertz CT molecular complexity index is 2380. The van der Waals surface area contributed by atoms with E-state index in [0.717, 1.165) is 33.4 Å². The van der Waals surface area contributed by atoms with Crippen LogP contribution in [-0.2, 0) is 17.1 Å². The van der Waals surface area contributed by atoms with Gasteiger partial charge in [-0.25, -0.2) is 0 Å². The summed E-state index contributed by atoms with van der Waals surface area (Å²) in [7, 11) is 8.40. The average Bonchev–Trinajstić information content (AvgIpc) is 3.28. The summed E-state index contributed by atoms with van der Waals surface area (Å²) in [5.74, 6) is 0. The summed E-state index contributed by atoms with van der Waals surface area (Å²) in [6, 6.07) is 61.7. The minimum absolute atomic E-state index is 0. The van der Waals surface area contributed by atoms with Crippen LogP contribution in [0.1, 0.15) is 66.5 Å². The van der Waals surface area contributed by atoms with E-state index in [1.54, 1.807) is 0 Å². The van der Waals surface area contributed by atoms with Crippen molar-refractivity contribution in [3.05, 3.63) is 201 Å². The van der Waals surface area contributed by atoms with Gasteiger partial charge < -0.3 is 14.7 Å². The van der Waals surface area contributed by atoms with Crippen LogP contribution in [0, 0.1) is 27.9 Å². The summed E-state index contributed by atoms with van der Waals surface area (Å²) < 4.78 is 1.33. The van der Waals surface area contributed by atoms with Crippen LogP contribution in [0.4, 0.5) is 17.1 Å². The van der Waals surface area contributed by atoms with Gasteiger partial charge in [-0.2, -0.15) is 0 Å². The molecular weight excluding hydrogens is 833 g/mol. The maximum Gasteiger partial charge on any atom is 0.160 e. The standard InChI is InChI=1S/C34H49N2P.C24H18N.Cu/c1-24(2)35(11,25(3)4)31-22-28(9)18-20-33(31)37(30-16-14-13-15-17-30)34-21-19-29(10)23-32(34)36(12,26(5)6)27(7)8;25-24-22(19-12-6-2-7-13-19)16-21(18-10-4-1-5-11-18)17-23(24)20-14-8-3-9-15-20;/h13-27H,11-12H2,1-10H3;1-17,25H;/q;-1;/p+1. The van der Waals surface area contributed by atoms with Crippen molar-refractivity contribution in [2.45, 2.75) is 93.4 Å². The fourth-order valence-electron chi connectivity index (χ4n) is 8.89. The van der Waals surface area contributed by atoms with Crippen molar-refractivity contribution in [1.82, 2.24) is 8.97 Å². The van der Waals surface area contributed by atoms with Gasteiger partial charge in [0.1, 0.15) is 24.6 Å². The molecule has 0 spiro atoms. The predicted molar refractivity (Wildman–Crippen MR) is 278 cm³/mol. The molecule has 0 saturated heterocycles. The van der Waals surface area contributed by atoms with Gasteiger partial charge in [0.25, 0.3) is 0 Å². The Hall–Kier alpha value is -4.79. The molecule has 7 rings (SSSR count). The normalized spacial score (nSPS) is 11.8. The van der Waals surface area contributed by atoms with Crippen molar-refractivity contribution < 1.29 is 17.1 Å². The van der Waals surface area contributed by atoms with Gasteiger partial charge in [-0.05, 0) is 150 Å². The van der Waals surface area contributed by atoms with Gasteiger partial charge in [0.2, 0.25) is 0 Å². The Kier molecular flexibility index (Phi) is 16.6. The van der Waals surface area contributed by atoms with E-state index in [2.05, 4.69) is 184 Å². The largest absolute Gasteiger partial charge is 0.698 e. The molecule has 3 nitrogen and oxygen atoms in total. The predicted octanol–water partition coefficient (Wildman–Crippen LogP) is 15.0. The molecule has 1 N–H and O–H groups in total. The van der Waals surface area contributed by atoms with Crippen molar-refractivity contribution in [3.63, 3.8) is 0 Å². The zero-order chi connectivity index (χ0) is 44.8. The maximum atomic E-state index is 8.78. The first-order valence-electron chi connectivity index (χ1n) is 22.3. The molecule has 1 radical (unpaired) electrons. The Morgan fingerprint density at radius 3 is 1.06 bits per heavy atom. The van der Waals surface area contributed by atoms with E-state index in [0.29, 0.717) is 38.8 Å². The zero-order valence-corrected chi connectivity index (χ0v) is 41.0. The van der Waals surface area contributed by atoms with Gasteiger partial charge in [0.15, 0.2) is 10.6 Å². The van der Waals surface area contributed by atoms with E-state index in [-0.39, 0.29) is 17.1 Å². The number of nitrogens with one attached hydrogen (secondary N) is 1. The van der Waals surface area contributed by atoms with E-state index in [1.165, 1.54) is 38.4 Å². The van der Waals surface area contributed by atoms with E-state index in [4.69, 9.17) is 19.8 Å². The number of hydrogen-bond donors (Lipinski definition) is 0. The smallest absolute Gasteiger partial charge is 0.160 e. The fourth-order valence-corrected chi connectivity index (χ4v) is 11.9. The fraction of sp³-hybridized carbons (Fsp3) is 0.241. The summed E-state index contributed by atoms with van der Waals surface area (Å²) in [4.78, 5) is 0. The maximum absolute atomic E-state index is 8.78. The van der Waals surface area contributed by atoms with Crippen LogP contribution in [0.15, 0.2) is 170 Å². The SMILES string of the molecule is [CH2-][N+](c1cc(C)ccc1[PH+](c1ccccc1)c1ccc(C)cc1[N+]([CH2-])(C(C)C)C(C)C)(C(C)C)C(C)C.[Cu].[NH-]c1c(-c2ccccc2)cc(-c2ccccc2)cc1-c1ccccc1. The summed E-state index contributed by atoms with van der Waals surface area (Å²) in [5.41, 5.74) is 21.0. The topological polar surface area (TPSA) is 23.8 Å². The van der Waals surface area contributed by atoms with Crippen LogP contribution in [-0.4, -0.2) is 24.2 Å². The van der Waals surface area contributed by atoms with Crippen LogP contribution < -0.4 is 24.9 Å². The molecule has 0 aliphatic heterocycles. The van der Waals surface area contributed by atoms with Crippen molar-refractivity contribution in [2.75, 3.05) is 0 Å². The van der Waals surface area contributed by atoms with E-state index in [1.807, 2.05) is 54.6 Å². The van der Waals surface area contributed by atoms with Crippen molar-refractivity contribution >= 4 is 40.9 Å². The molecule has 5 heteroatoms. The number of aryl methyl sites for hydroxylation is 2. The first-order chi connectivity index (χ1) is 29.6. The Morgan fingerprint density at radius 2 is 0.730 bits per heavy atom. The van der Waals surface area contributed by atoms with Gasteiger partial charge in [0, 0.05) is 29.2 Å². The number of hydrogen-bond acceptors (Lipinski definition) is 0. The zero-order valence-electron chi connectivity index (χ0n) is 39.1. The summed E-state index contributed by atoms with van der Waals surface area (Å²) >= 11 is 0. The molecule has 331 valence electrons. The molecule has 0 bridgehead atoms. The molecule has 0 amide bonds. The molecule has 7 aromatic carbocycles. The van der Waals surface area contributed by atoms with E-state index >= 15 is 0 Å². The van der Waals surface area contributed by atoms with Gasteiger partial charge in [-0.15, -0.1) is 19.8 Å². The second-order valence-corrected chi connectivity index (χ2v) is 20.5. The summed E-state index contributed by atoms with van der Waals surface area (Å²) in [6.07, 6.45) is 0. The number of quaternary nitrogens is 2. The number of benzene rings is 7. The first-order valence-corrected chi connectivity index (χ1v) is 23.8. The molecule has 0 unspecified atom stereocenters. The van der Waals surface area contributed by atoms with Crippen LogP contribution in [0.3, 0.4) is 0 Å². The van der Waals surface area contributed by atoms with Gasteiger partial charge in [-0.1, -0.05) is 121 Å². The molecule has 7 aromatic rings. The third-order valence-electron chi connectivity index (χ3n) is 12.9. The first kappa shape index (κ1) is 49.2. The van der Waals surface area contributed by atoms with Gasteiger partial charge in [-0.3, -0.25) is 0 Å². The van der Waals surface area contributed by atoms with Crippen LogP contribution >= 0.6 is 7.92 Å². The van der Waals surface area contributed by atoms with E-state index in [9.17, 15) is 0 Å². The molecule has 0 aliphatic rings. The quantitative estimate of drug-likeness (QED) is 0.0505. The molecular formula is C58H68CuN3P. The molecule has 0 aromatic heterocycles. The molecule has 0 saturated carbocycles. The molecule has 0 atom stereocenters. The Morgan fingerprint density at radius 1 is 0.413 bits per heavy atom. The monoisotopic (exact) mass is 900 g/mol. The van der Waals surface area contributed by atoms with Crippen LogP contribution in [0.5, 0.6) is 0 Å². The molecule has 63 heavy (non-hydrogen) atoms. The van der Waals surface area contributed by atoms with Gasteiger partial charge in [0.05, 0.1) is 24.2 Å². The van der Waals surface area contributed by atoms with Crippen molar-refractivity contribution in [2.24, 2.45) is 0 Å². The minimum Gasteiger partial charge on any atom is -0.698 e. The average molecular weight is 902 g/mol.